The van der Waals surface area contributed by atoms with E-state index in [4.69, 9.17) is 14.7 Å². The molecule has 1 amide bonds. The largest absolute Gasteiger partial charge is 0.493 e. The molecular weight excluding hydrogens is 316 g/mol. The van der Waals surface area contributed by atoms with Gasteiger partial charge in [-0.3, -0.25) is 4.79 Å². The van der Waals surface area contributed by atoms with Gasteiger partial charge >= 0.3 is 0 Å². The zero-order valence-corrected chi connectivity index (χ0v) is 15.6. The Morgan fingerprint density at radius 1 is 1.32 bits per heavy atom. The van der Waals surface area contributed by atoms with E-state index < -0.39 is 0 Å². The molecule has 0 aromatic heterocycles. The maximum Gasteiger partial charge on any atom is 0.260 e. The van der Waals surface area contributed by atoms with Crippen LogP contribution >= 0.6 is 0 Å². The lowest BCUT2D eigenvalue weighted by Crippen LogP contribution is -2.45. The molecule has 25 heavy (non-hydrogen) atoms. The van der Waals surface area contributed by atoms with Crippen molar-refractivity contribution in [1.29, 1.82) is 5.26 Å². The van der Waals surface area contributed by atoms with Crippen molar-refractivity contribution >= 4 is 5.91 Å². The molecule has 0 aliphatic carbocycles. The van der Waals surface area contributed by atoms with Crippen molar-refractivity contribution in [2.45, 2.75) is 46.1 Å². The third-order valence-corrected chi connectivity index (χ3v) is 4.95. The highest BCUT2D eigenvalue weighted by atomic mass is 16.5. The molecule has 1 fully saturated rings. The number of carbonyl (C=O) groups excluding carboxylic acids is 1. The topological polar surface area (TPSA) is 62.6 Å². The number of ether oxygens (including phenoxy) is 2. The smallest absolute Gasteiger partial charge is 0.260 e. The number of likely N-dealkylation sites (tertiary alicyclic amines) is 1. The van der Waals surface area contributed by atoms with Crippen molar-refractivity contribution < 1.29 is 14.3 Å². The minimum atomic E-state index is -0.0140. The summed E-state index contributed by atoms with van der Waals surface area (Å²) in [5, 5.41) is 8.96. The molecule has 0 radical (unpaired) electrons. The van der Waals surface area contributed by atoms with Gasteiger partial charge in [-0.2, -0.15) is 5.26 Å². The summed E-state index contributed by atoms with van der Waals surface area (Å²) < 4.78 is 11.0. The number of hydrogen-bond acceptors (Lipinski definition) is 4. The molecule has 136 valence electrons. The van der Waals surface area contributed by atoms with Crippen LogP contribution in [0.25, 0.3) is 0 Å². The highest BCUT2D eigenvalue weighted by Gasteiger charge is 2.29. The Bertz CT molecular complexity index is 636. The average Bonchev–Trinajstić information content (AvgIpc) is 2.81. The van der Waals surface area contributed by atoms with E-state index in [1.54, 1.807) is 18.2 Å². The molecule has 1 aliphatic heterocycles. The molecule has 1 aromatic rings. The van der Waals surface area contributed by atoms with Crippen molar-refractivity contribution in [2.75, 3.05) is 20.3 Å². The van der Waals surface area contributed by atoms with Crippen LogP contribution < -0.4 is 9.47 Å². The maximum atomic E-state index is 12.8. The van der Waals surface area contributed by atoms with Gasteiger partial charge in [0.05, 0.1) is 18.7 Å². The predicted octanol–water partition coefficient (Wildman–Crippen LogP) is 3.62. The lowest BCUT2D eigenvalue weighted by Gasteiger charge is -2.33. The SMILES string of the molecule is COc1cc(C#N)ccc1OCC(=O)N1CCC(C)CCC1C(C)C. The van der Waals surface area contributed by atoms with E-state index >= 15 is 0 Å². The Labute approximate surface area is 150 Å². The molecule has 2 atom stereocenters. The van der Waals surface area contributed by atoms with Crippen LogP contribution in [0.3, 0.4) is 0 Å². The molecule has 1 aromatic carbocycles. The quantitative estimate of drug-likeness (QED) is 0.818. The summed E-state index contributed by atoms with van der Waals surface area (Å²) in [6.45, 7) is 7.37. The van der Waals surface area contributed by atoms with Crippen LogP contribution in [0.2, 0.25) is 0 Å². The Balaban J connectivity index is 2.06. The number of methoxy groups -OCH3 is 1. The lowest BCUT2D eigenvalue weighted by molar-refractivity contribution is -0.136. The van der Waals surface area contributed by atoms with Crippen LogP contribution in [0.4, 0.5) is 0 Å². The molecule has 5 heteroatoms. The molecule has 1 saturated heterocycles. The third kappa shape index (κ3) is 4.88. The highest BCUT2D eigenvalue weighted by molar-refractivity contribution is 5.78. The highest BCUT2D eigenvalue weighted by Crippen LogP contribution is 2.29. The molecule has 5 nitrogen and oxygen atoms in total. The number of nitrogens with zero attached hydrogens (tertiary/aromatic N) is 2. The molecule has 1 aliphatic rings. The molecule has 0 saturated carbocycles. The van der Waals surface area contributed by atoms with Gasteiger partial charge in [0.1, 0.15) is 0 Å². The van der Waals surface area contributed by atoms with Crippen molar-refractivity contribution in [1.82, 2.24) is 4.90 Å². The standard InChI is InChI=1S/C20H28N2O3/c1-14(2)17-7-5-15(3)9-10-22(17)20(23)13-25-18-8-6-16(12-21)11-19(18)24-4/h6,8,11,14-15,17H,5,7,9-10,13H2,1-4H3. The summed E-state index contributed by atoms with van der Waals surface area (Å²) in [5.41, 5.74) is 0.497. The van der Waals surface area contributed by atoms with Crippen LogP contribution in [0.15, 0.2) is 18.2 Å². The van der Waals surface area contributed by atoms with Crippen LogP contribution in [0, 0.1) is 23.2 Å². The van der Waals surface area contributed by atoms with Gasteiger partial charge in [0, 0.05) is 18.7 Å². The first-order valence-electron chi connectivity index (χ1n) is 8.96. The van der Waals surface area contributed by atoms with E-state index in [1.807, 2.05) is 4.90 Å². The van der Waals surface area contributed by atoms with E-state index in [9.17, 15) is 4.79 Å². The van der Waals surface area contributed by atoms with Gasteiger partial charge in [0.25, 0.3) is 5.91 Å². The van der Waals surface area contributed by atoms with Crippen molar-refractivity contribution in [3.8, 4) is 17.6 Å². The van der Waals surface area contributed by atoms with Crippen molar-refractivity contribution in [3.05, 3.63) is 23.8 Å². The van der Waals surface area contributed by atoms with Gasteiger partial charge in [-0.1, -0.05) is 20.8 Å². The van der Waals surface area contributed by atoms with E-state index in [-0.39, 0.29) is 18.6 Å². The molecule has 0 N–H and O–H groups in total. The van der Waals surface area contributed by atoms with Gasteiger partial charge in [-0.25, -0.2) is 0 Å². The molecule has 0 spiro atoms. The van der Waals surface area contributed by atoms with Crippen LogP contribution in [0.5, 0.6) is 11.5 Å². The zero-order valence-electron chi connectivity index (χ0n) is 15.6. The molecular formula is C20H28N2O3. The molecule has 1 heterocycles. The summed E-state index contributed by atoms with van der Waals surface area (Å²) in [5.74, 6) is 2.05. The first-order chi connectivity index (χ1) is 12.0. The van der Waals surface area contributed by atoms with Crippen molar-refractivity contribution in [3.63, 3.8) is 0 Å². The van der Waals surface area contributed by atoms with Crippen LogP contribution in [-0.2, 0) is 4.79 Å². The third-order valence-electron chi connectivity index (χ3n) is 4.95. The van der Waals surface area contributed by atoms with E-state index in [2.05, 4.69) is 26.8 Å². The van der Waals surface area contributed by atoms with Crippen LogP contribution in [-0.4, -0.2) is 37.1 Å². The summed E-state index contributed by atoms with van der Waals surface area (Å²) in [6.07, 6.45) is 3.25. The number of amides is 1. The maximum absolute atomic E-state index is 12.8. The van der Waals surface area contributed by atoms with Gasteiger partial charge in [0.15, 0.2) is 18.1 Å². The number of nitriles is 1. The molecule has 2 rings (SSSR count). The van der Waals surface area contributed by atoms with E-state index in [0.29, 0.717) is 28.9 Å². The van der Waals surface area contributed by atoms with Gasteiger partial charge in [-0.15, -0.1) is 0 Å². The van der Waals surface area contributed by atoms with E-state index in [0.717, 1.165) is 25.8 Å². The Hall–Kier alpha value is -2.22. The van der Waals surface area contributed by atoms with Gasteiger partial charge in [-0.05, 0) is 43.2 Å². The molecule has 2 unspecified atom stereocenters. The normalized spacial score (nSPS) is 20.7. The minimum Gasteiger partial charge on any atom is -0.493 e. The fourth-order valence-electron chi connectivity index (χ4n) is 3.36. The number of carbonyl (C=O) groups is 1. The van der Waals surface area contributed by atoms with Gasteiger partial charge < -0.3 is 14.4 Å². The minimum absolute atomic E-state index is 0.0132. The summed E-state index contributed by atoms with van der Waals surface area (Å²) in [6, 6.07) is 7.28. The zero-order chi connectivity index (χ0) is 18.4. The summed E-state index contributed by atoms with van der Waals surface area (Å²) >= 11 is 0. The second kappa shape index (κ2) is 8.75. The molecule has 0 bridgehead atoms. The fraction of sp³-hybridized carbons (Fsp3) is 0.600. The summed E-state index contributed by atoms with van der Waals surface area (Å²) in [4.78, 5) is 14.8. The second-order valence-electron chi connectivity index (χ2n) is 7.14. The van der Waals surface area contributed by atoms with Crippen molar-refractivity contribution in [2.24, 2.45) is 11.8 Å². The predicted molar refractivity (Wildman–Crippen MR) is 96.6 cm³/mol. The fourth-order valence-corrected chi connectivity index (χ4v) is 3.36. The number of rotatable bonds is 5. The summed E-state index contributed by atoms with van der Waals surface area (Å²) in [7, 11) is 1.52. The Morgan fingerprint density at radius 3 is 2.72 bits per heavy atom. The Morgan fingerprint density at radius 2 is 2.08 bits per heavy atom. The first-order valence-corrected chi connectivity index (χ1v) is 8.96. The Kier molecular flexibility index (Phi) is 6.69. The second-order valence-corrected chi connectivity index (χ2v) is 7.14. The monoisotopic (exact) mass is 344 g/mol. The number of hydrogen-bond donors (Lipinski definition) is 0. The van der Waals surface area contributed by atoms with E-state index in [1.165, 1.54) is 7.11 Å². The lowest BCUT2D eigenvalue weighted by atomic mass is 9.95. The van der Waals surface area contributed by atoms with Gasteiger partial charge in [0.2, 0.25) is 0 Å². The number of benzene rings is 1. The first kappa shape index (κ1) is 19.1. The van der Waals surface area contributed by atoms with Crippen LogP contribution in [0.1, 0.15) is 45.6 Å². The average molecular weight is 344 g/mol.